The standard InChI is InChI=1S/C15H23IN2/c1-12(11-15-5-3-2-4-10-17-15)18-14-8-6-13(16)7-9-14/h6-9,12,15,17-18H,2-5,10-11H2,1H3. The molecule has 0 amide bonds. The van der Waals surface area contributed by atoms with Crippen molar-refractivity contribution < 1.29 is 0 Å². The van der Waals surface area contributed by atoms with E-state index < -0.39 is 0 Å². The van der Waals surface area contributed by atoms with Gasteiger partial charge in [-0.1, -0.05) is 12.8 Å². The summed E-state index contributed by atoms with van der Waals surface area (Å²) >= 11 is 2.34. The van der Waals surface area contributed by atoms with Crippen LogP contribution in [-0.2, 0) is 0 Å². The maximum atomic E-state index is 3.67. The maximum Gasteiger partial charge on any atom is 0.0342 e. The highest BCUT2D eigenvalue weighted by Gasteiger charge is 2.14. The Kier molecular flexibility index (Phi) is 5.76. The molecule has 0 aromatic heterocycles. The van der Waals surface area contributed by atoms with E-state index in [9.17, 15) is 0 Å². The molecule has 1 saturated heterocycles. The second-order valence-corrected chi connectivity index (χ2v) is 6.53. The van der Waals surface area contributed by atoms with Crippen LogP contribution in [0.5, 0.6) is 0 Å². The molecule has 3 heteroatoms. The van der Waals surface area contributed by atoms with E-state index in [1.165, 1.54) is 47.9 Å². The summed E-state index contributed by atoms with van der Waals surface area (Å²) in [5, 5.41) is 7.26. The van der Waals surface area contributed by atoms with Gasteiger partial charge >= 0.3 is 0 Å². The minimum Gasteiger partial charge on any atom is -0.383 e. The van der Waals surface area contributed by atoms with Crippen molar-refractivity contribution in [2.24, 2.45) is 0 Å². The zero-order valence-corrected chi connectivity index (χ0v) is 13.2. The molecule has 1 fully saturated rings. The summed E-state index contributed by atoms with van der Waals surface area (Å²) in [6.07, 6.45) is 6.66. The normalized spacial score (nSPS) is 22.2. The van der Waals surface area contributed by atoms with E-state index in [2.05, 4.69) is 64.4 Å². The Morgan fingerprint density at radius 1 is 1.28 bits per heavy atom. The van der Waals surface area contributed by atoms with E-state index >= 15 is 0 Å². The third-order valence-corrected chi connectivity index (χ3v) is 4.28. The molecule has 18 heavy (non-hydrogen) atoms. The van der Waals surface area contributed by atoms with Crippen LogP contribution < -0.4 is 10.6 Å². The number of benzene rings is 1. The summed E-state index contributed by atoms with van der Waals surface area (Å²) in [5.41, 5.74) is 1.23. The van der Waals surface area contributed by atoms with E-state index in [0.717, 1.165) is 0 Å². The summed E-state index contributed by atoms with van der Waals surface area (Å²) in [5.74, 6) is 0. The topological polar surface area (TPSA) is 24.1 Å². The van der Waals surface area contributed by atoms with Crippen molar-refractivity contribution in [3.63, 3.8) is 0 Å². The van der Waals surface area contributed by atoms with Crippen LogP contribution in [0.2, 0.25) is 0 Å². The van der Waals surface area contributed by atoms with E-state index in [4.69, 9.17) is 0 Å². The van der Waals surface area contributed by atoms with Gasteiger partial charge in [0.05, 0.1) is 0 Å². The van der Waals surface area contributed by atoms with Crippen LogP contribution in [0, 0.1) is 3.57 Å². The minimum atomic E-state index is 0.528. The molecule has 0 spiro atoms. The zero-order chi connectivity index (χ0) is 12.8. The first-order valence-corrected chi connectivity index (χ1v) is 8.07. The lowest BCUT2D eigenvalue weighted by Gasteiger charge is -2.22. The molecule has 1 aliphatic heterocycles. The largest absolute Gasteiger partial charge is 0.383 e. The first-order valence-electron chi connectivity index (χ1n) is 6.99. The summed E-state index contributed by atoms with van der Waals surface area (Å²) in [4.78, 5) is 0. The van der Waals surface area contributed by atoms with Gasteiger partial charge in [-0.15, -0.1) is 0 Å². The highest BCUT2D eigenvalue weighted by Crippen LogP contribution is 2.16. The molecule has 0 bridgehead atoms. The average Bonchev–Trinajstić information content (AvgIpc) is 2.61. The quantitative estimate of drug-likeness (QED) is 0.795. The number of hydrogen-bond donors (Lipinski definition) is 2. The van der Waals surface area contributed by atoms with Gasteiger partial charge < -0.3 is 10.6 Å². The molecule has 2 atom stereocenters. The van der Waals surface area contributed by atoms with Crippen LogP contribution >= 0.6 is 22.6 Å². The SMILES string of the molecule is CC(CC1CCCCCN1)Nc1ccc(I)cc1. The Hall–Kier alpha value is -0.290. The molecule has 2 rings (SSSR count). The predicted molar refractivity (Wildman–Crippen MR) is 87.1 cm³/mol. The van der Waals surface area contributed by atoms with Crippen LogP contribution in [0.1, 0.15) is 39.0 Å². The van der Waals surface area contributed by atoms with E-state index in [-0.39, 0.29) is 0 Å². The molecule has 2 unspecified atom stereocenters. The smallest absolute Gasteiger partial charge is 0.0342 e. The Bertz CT molecular complexity index is 342. The fourth-order valence-corrected chi connectivity index (χ4v) is 2.98. The monoisotopic (exact) mass is 358 g/mol. The van der Waals surface area contributed by atoms with Crippen molar-refractivity contribution in [1.82, 2.24) is 5.32 Å². The number of rotatable bonds is 4. The molecule has 1 aromatic rings. The average molecular weight is 358 g/mol. The summed E-state index contributed by atoms with van der Waals surface area (Å²) in [6, 6.07) is 9.86. The van der Waals surface area contributed by atoms with Gasteiger partial charge in [0.25, 0.3) is 0 Å². The molecule has 100 valence electrons. The van der Waals surface area contributed by atoms with Crippen LogP contribution in [0.4, 0.5) is 5.69 Å². The van der Waals surface area contributed by atoms with Crippen molar-refractivity contribution >= 4 is 28.3 Å². The van der Waals surface area contributed by atoms with E-state index in [1.54, 1.807) is 0 Å². The van der Waals surface area contributed by atoms with Gasteiger partial charge in [-0.3, -0.25) is 0 Å². The van der Waals surface area contributed by atoms with Crippen molar-refractivity contribution in [3.05, 3.63) is 27.8 Å². The van der Waals surface area contributed by atoms with Crippen molar-refractivity contribution in [2.45, 2.75) is 51.1 Å². The molecular weight excluding hydrogens is 335 g/mol. The van der Waals surface area contributed by atoms with Crippen molar-refractivity contribution in [2.75, 3.05) is 11.9 Å². The molecule has 2 N–H and O–H groups in total. The van der Waals surface area contributed by atoms with Gasteiger partial charge in [0.15, 0.2) is 0 Å². The molecule has 0 saturated carbocycles. The first kappa shape index (κ1) is 14.1. The molecule has 2 nitrogen and oxygen atoms in total. The second-order valence-electron chi connectivity index (χ2n) is 5.29. The lowest BCUT2D eigenvalue weighted by atomic mass is 10.0. The third kappa shape index (κ3) is 4.76. The van der Waals surface area contributed by atoms with Crippen molar-refractivity contribution in [1.29, 1.82) is 0 Å². The molecule has 1 aromatic carbocycles. The Morgan fingerprint density at radius 3 is 2.83 bits per heavy atom. The lowest BCUT2D eigenvalue weighted by molar-refractivity contribution is 0.456. The Morgan fingerprint density at radius 2 is 2.06 bits per heavy atom. The van der Waals surface area contributed by atoms with E-state index in [0.29, 0.717) is 12.1 Å². The molecule has 1 aliphatic rings. The van der Waals surface area contributed by atoms with Crippen LogP contribution in [0.15, 0.2) is 24.3 Å². The fourth-order valence-electron chi connectivity index (χ4n) is 2.62. The van der Waals surface area contributed by atoms with Crippen LogP contribution in [-0.4, -0.2) is 18.6 Å². The van der Waals surface area contributed by atoms with Crippen molar-refractivity contribution in [3.8, 4) is 0 Å². The number of hydrogen-bond acceptors (Lipinski definition) is 2. The minimum absolute atomic E-state index is 0.528. The van der Waals surface area contributed by atoms with Crippen LogP contribution in [0.25, 0.3) is 0 Å². The highest BCUT2D eigenvalue weighted by molar-refractivity contribution is 14.1. The maximum absolute atomic E-state index is 3.67. The van der Waals surface area contributed by atoms with Gasteiger partial charge in [0.1, 0.15) is 0 Å². The highest BCUT2D eigenvalue weighted by atomic mass is 127. The first-order chi connectivity index (χ1) is 8.74. The Balaban J connectivity index is 1.80. The lowest BCUT2D eigenvalue weighted by Crippen LogP contribution is -2.33. The number of anilines is 1. The second kappa shape index (κ2) is 7.34. The van der Waals surface area contributed by atoms with Gasteiger partial charge in [-0.25, -0.2) is 0 Å². The van der Waals surface area contributed by atoms with Gasteiger partial charge in [-0.05, 0) is 79.6 Å². The summed E-state index contributed by atoms with van der Waals surface area (Å²) in [6.45, 7) is 3.48. The third-order valence-electron chi connectivity index (χ3n) is 3.56. The van der Waals surface area contributed by atoms with Crippen LogP contribution in [0.3, 0.4) is 0 Å². The fraction of sp³-hybridized carbons (Fsp3) is 0.600. The van der Waals surface area contributed by atoms with E-state index in [1.807, 2.05) is 0 Å². The number of halogens is 1. The van der Waals surface area contributed by atoms with Gasteiger partial charge in [0.2, 0.25) is 0 Å². The molecule has 0 aliphatic carbocycles. The van der Waals surface area contributed by atoms with Gasteiger partial charge in [-0.2, -0.15) is 0 Å². The van der Waals surface area contributed by atoms with Gasteiger partial charge in [0, 0.05) is 21.3 Å². The zero-order valence-electron chi connectivity index (χ0n) is 11.1. The molecule has 1 heterocycles. The predicted octanol–water partition coefficient (Wildman–Crippen LogP) is 4.01. The number of nitrogens with one attached hydrogen (secondary N) is 2. The Labute approximate surface area is 124 Å². The molecule has 0 radical (unpaired) electrons. The summed E-state index contributed by atoms with van der Waals surface area (Å²) < 4.78 is 1.29. The summed E-state index contributed by atoms with van der Waals surface area (Å²) in [7, 11) is 0. The molecular formula is C15H23IN2.